The molecule has 1 heterocycles. The molecule has 0 saturated carbocycles. The molecule has 1 aliphatic heterocycles. The van der Waals surface area contributed by atoms with Crippen LogP contribution < -0.4 is 0 Å². The zero-order chi connectivity index (χ0) is 16.3. The normalized spacial score (nSPS) is 23.7. The van der Waals surface area contributed by atoms with Crippen LogP contribution in [0.1, 0.15) is 30.9 Å². The van der Waals surface area contributed by atoms with E-state index in [0.29, 0.717) is 0 Å². The lowest BCUT2D eigenvalue weighted by Crippen LogP contribution is -2.18. The average Bonchev–Trinajstić information content (AvgIpc) is 2.83. The lowest BCUT2D eigenvalue weighted by molar-refractivity contribution is -0.145. The Bertz CT molecular complexity index is 666. The summed E-state index contributed by atoms with van der Waals surface area (Å²) in [4.78, 5) is 12.9. The second-order valence-corrected chi connectivity index (χ2v) is 7.93. The molecule has 0 aliphatic carbocycles. The van der Waals surface area contributed by atoms with Crippen LogP contribution >= 0.6 is 11.8 Å². The number of aryl methyl sites for hydroxylation is 2. The van der Waals surface area contributed by atoms with Crippen LogP contribution in [-0.2, 0) is 16.0 Å². The van der Waals surface area contributed by atoms with E-state index in [2.05, 4.69) is 43.3 Å². The van der Waals surface area contributed by atoms with E-state index in [-0.39, 0.29) is 11.9 Å². The Labute approximate surface area is 142 Å². The number of carbonyl (C=O) groups excluding carboxylic acids is 1. The molecule has 2 nitrogen and oxygen atoms in total. The third-order valence-electron chi connectivity index (χ3n) is 4.25. The molecule has 120 valence electrons. The lowest BCUT2D eigenvalue weighted by atomic mass is 9.96. The molecule has 0 aromatic heterocycles. The largest absolute Gasteiger partial charge is 0.448 e. The third-order valence-corrected chi connectivity index (χ3v) is 5.44. The second-order valence-electron chi connectivity index (χ2n) is 6.40. The molecule has 1 aliphatic rings. The van der Waals surface area contributed by atoms with E-state index >= 15 is 0 Å². The van der Waals surface area contributed by atoms with Gasteiger partial charge in [-0.25, -0.2) is 0 Å². The molecular weight excluding hydrogens is 304 g/mol. The summed E-state index contributed by atoms with van der Waals surface area (Å²) in [5.41, 5.74) is 2.52. The Morgan fingerprint density at radius 2 is 1.83 bits per heavy atom. The maximum atomic E-state index is 12.2. The summed E-state index contributed by atoms with van der Waals surface area (Å²) in [6, 6.07) is 18.7. The van der Waals surface area contributed by atoms with Crippen LogP contribution in [0.3, 0.4) is 0 Å². The fourth-order valence-corrected chi connectivity index (χ4v) is 4.17. The van der Waals surface area contributed by atoms with Crippen LogP contribution in [0.25, 0.3) is 0 Å². The van der Waals surface area contributed by atoms with Gasteiger partial charge in [-0.2, -0.15) is 0 Å². The molecule has 0 unspecified atom stereocenters. The Morgan fingerprint density at radius 3 is 2.52 bits per heavy atom. The summed E-state index contributed by atoms with van der Waals surface area (Å²) < 4.78 is 5.71. The number of rotatable bonds is 5. The molecule has 0 N–H and O–H groups in total. The zero-order valence-electron chi connectivity index (χ0n) is 13.6. The Hall–Kier alpha value is -1.74. The highest BCUT2D eigenvalue weighted by atomic mass is 32.2. The van der Waals surface area contributed by atoms with Gasteiger partial charge in [-0.15, -0.1) is 0 Å². The first-order valence-corrected chi connectivity index (χ1v) is 8.88. The molecule has 1 fully saturated rings. The minimum atomic E-state index is -0.451. The molecule has 2 aromatic carbocycles. The smallest absolute Gasteiger partial charge is 0.310 e. The van der Waals surface area contributed by atoms with Crippen molar-refractivity contribution in [1.29, 1.82) is 0 Å². The van der Waals surface area contributed by atoms with Crippen molar-refractivity contribution in [2.75, 3.05) is 0 Å². The van der Waals surface area contributed by atoms with Crippen molar-refractivity contribution in [2.24, 2.45) is 5.92 Å². The maximum Gasteiger partial charge on any atom is 0.310 e. The van der Waals surface area contributed by atoms with Crippen molar-refractivity contribution in [3.8, 4) is 0 Å². The number of ether oxygens (including phenoxy) is 1. The van der Waals surface area contributed by atoms with E-state index in [4.69, 9.17) is 4.74 Å². The first kappa shape index (κ1) is 16.1. The lowest BCUT2D eigenvalue weighted by Gasteiger charge is -2.21. The molecule has 23 heavy (non-hydrogen) atoms. The monoisotopic (exact) mass is 326 g/mol. The van der Waals surface area contributed by atoms with E-state index in [1.54, 1.807) is 11.8 Å². The Balaban J connectivity index is 1.60. The van der Waals surface area contributed by atoms with Crippen molar-refractivity contribution in [1.82, 2.24) is 0 Å². The van der Waals surface area contributed by atoms with Gasteiger partial charge in [0.05, 0.1) is 5.92 Å². The topological polar surface area (TPSA) is 26.3 Å². The first-order chi connectivity index (χ1) is 11.0. The Kier molecular flexibility index (Phi) is 4.76. The maximum absolute atomic E-state index is 12.2. The van der Waals surface area contributed by atoms with Gasteiger partial charge in [0.1, 0.15) is 0 Å². The number of hydrogen-bond acceptors (Lipinski definition) is 3. The first-order valence-electron chi connectivity index (χ1n) is 8.06. The highest BCUT2D eigenvalue weighted by Gasteiger charge is 2.43. The van der Waals surface area contributed by atoms with Crippen molar-refractivity contribution in [3.05, 3.63) is 65.7 Å². The molecule has 3 heteroatoms. The standard InChI is InChI=1S/C20H22O2S/c1-15-8-12-18(13-9-15)23-20(2)14-17(19(21)22-20)11-10-16-6-4-3-5-7-16/h3-9,12-13,17H,10-11,14H2,1-2H3/t17-,20-/m1/s1. The predicted octanol–water partition coefficient (Wildman–Crippen LogP) is 5.00. The Morgan fingerprint density at radius 1 is 1.13 bits per heavy atom. The molecule has 0 amide bonds. The highest BCUT2D eigenvalue weighted by Crippen LogP contribution is 2.44. The summed E-state index contributed by atoms with van der Waals surface area (Å²) >= 11 is 1.65. The van der Waals surface area contributed by atoms with E-state index in [1.165, 1.54) is 11.1 Å². The minimum Gasteiger partial charge on any atom is -0.448 e. The van der Waals surface area contributed by atoms with Crippen LogP contribution in [0.15, 0.2) is 59.5 Å². The van der Waals surface area contributed by atoms with Crippen LogP contribution in [0.2, 0.25) is 0 Å². The van der Waals surface area contributed by atoms with Gasteiger partial charge in [0.15, 0.2) is 4.93 Å². The van der Waals surface area contributed by atoms with Crippen molar-refractivity contribution >= 4 is 17.7 Å². The van der Waals surface area contributed by atoms with E-state index in [1.807, 2.05) is 25.1 Å². The fourth-order valence-electron chi connectivity index (χ4n) is 2.99. The SMILES string of the molecule is Cc1ccc(S[C@]2(C)C[C@@H](CCc3ccccc3)C(=O)O2)cc1. The van der Waals surface area contributed by atoms with Gasteiger partial charge in [-0.05, 0) is 44.4 Å². The van der Waals surface area contributed by atoms with E-state index in [9.17, 15) is 4.79 Å². The average molecular weight is 326 g/mol. The van der Waals surface area contributed by atoms with Gasteiger partial charge in [-0.3, -0.25) is 4.79 Å². The molecule has 3 rings (SSSR count). The molecule has 0 spiro atoms. The van der Waals surface area contributed by atoms with Gasteiger partial charge in [-0.1, -0.05) is 59.8 Å². The fraction of sp³-hybridized carbons (Fsp3) is 0.350. The number of benzene rings is 2. The summed E-state index contributed by atoms with van der Waals surface area (Å²) in [5, 5.41) is 0. The van der Waals surface area contributed by atoms with E-state index < -0.39 is 4.93 Å². The molecule has 2 atom stereocenters. The zero-order valence-corrected chi connectivity index (χ0v) is 14.4. The van der Waals surface area contributed by atoms with Gasteiger partial charge in [0.2, 0.25) is 0 Å². The minimum absolute atomic E-state index is 0.00171. The van der Waals surface area contributed by atoms with Crippen LogP contribution in [-0.4, -0.2) is 10.9 Å². The van der Waals surface area contributed by atoms with Crippen molar-refractivity contribution in [2.45, 2.75) is 42.9 Å². The summed E-state index contributed by atoms with van der Waals surface area (Å²) in [5.74, 6) is -0.0544. The highest BCUT2D eigenvalue weighted by molar-refractivity contribution is 8.00. The van der Waals surface area contributed by atoms with Gasteiger partial charge >= 0.3 is 5.97 Å². The van der Waals surface area contributed by atoms with Crippen molar-refractivity contribution in [3.63, 3.8) is 0 Å². The number of carbonyl (C=O) groups is 1. The third kappa shape index (κ3) is 4.17. The van der Waals surface area contributed by atoms with Gasteiger partial charge < -0.3 is 4.74 Å². The second kappa shape index (κ2) is 6.79. The molecule has 1 saturated heterocycles. The summed E-state index contributed by atoms with van der Waals surface area (Å²) in [7, 11) is 0. The van der Waals surface area contributed by atoms with Crippen molar-refractivity contribution < 1.29 is 9.53 Å². The molecule has 2 aromatic rings. The van der Waals surface area contributed by atoms with E-state index in [0.717, 1.165) is 24.2 Å². The van der Waals surface area contributed by atoms with Gasteiger partial charge in [0.25, 0.3) is 0 Å². The van der Waals surface area contributed by atoms with Crippen LogP contribution in [0, 0.1) is 12.8 Å². The summed E-state index contributed by atoms with van der Waals surface area (Å²) in [6.07, 6.45) is 2.55. The number of hydrogen-bond donors (Lipinski definition) is 0. The van der Waals surface area contributed by atoms with Crippen LogP contribution in [0.5, 0.6) is 0 Å². The molecule has 0 radical (unpaired) electrons. The number of thioether (sulfide) groups is 1. The van der Waals surface area contributed by atoms with Gasteiger partial charge in [0, 0.05) is 11.3 Å². The predicted molar refractivity (Wildman–Crippen MR) is 94.4 cm³/mol. The quantitative estimate of drug-likeness (QED) is 0.723. The number of cyclic esters (lactones) is 1. The number of esters is 1. The molecule has 0 bridgehead atoms. The summed E-state index contributed by atoms with van der Waals surface area (Å²) in [6.45, 7) is 4.10. The molecular formula is C20H22O2S. The van der Waals surface area contributed by atoms with Crippen LogP contribution in [0.4, 0.5) is 0 Å².